The van der Waals surface area contributed by atoms with Crippen LogP contribution in [0.4, 0.5) is 0 Å². The van der Waals surface area contributed by atoms with E-state index < -0.39 is 12.0 Å². The summed E-state index contributed by atoms with van der Waals surface area (Å²) < 4.78 is 4.94. The summed E-state index contributed by atoms with van der Waals surface area (Å²) in [7, 11) is 1.50. The number of hydrogen-bond donors (Lipinski definition) is 1. The minimum atomic E-state index is -0.871. The molecule has 1 amide bonds. The van der Waals surface area contributed by atoms with Crippen LogP contribution in [0.3, 0.4) is 0 Å². The number of piperazine rings is 1. The number of methoxy groups -OCH3 is 1. The van der Waals surface area contributed by atoms with Crippen LogP contribution in [-0.4, -0.2) is 72.7 Å². The van der Waals surface area contributed by atoms with Gasteiger partial charge in [0.05, 0.1) is 6.61 Å². The first-order valence-corrected chi connectivity index (χ1v) is 6.69. The van der Waals surface area contributed by atoms with Gasteiger partial charge in [0.1, 0.15) is 6.04 Å². The van der Waals surface area contributed by atoms with Gasteiger partial charge >= 0.3 is 5.97 Å². The summed E-state index contributed by atoms with van der Waals surface area (Å²) in [5.74, 6) is -0.358. The van der Waals surface area contributed by atoms with Gasteiger partial charge in [0.15, 0.2) is 0 Å². The first-order valence-electron chi connectivity index (χ1n) is 6.69. The van der Waals surface area contributed by atoms with E-state index in [1.807, 2.05) is 23.6 Å². The maximum absolute atomic E-state index is 11.9. The molecule has 0 spiro atoms. The van der Waals surface area contributed by atoms with Crippen LogP contribution < -0.4 is 0 Å². The van der Waals surface area contributed by atoms with Crippen molar-refractivity contribution in [1.29, 1.82) is 0 Å². The second-order valence-electron chi connectivity index (χ2n) is 5.32. The normalized spacial score (nSPS) is 18.6. The summed E-state index contributed by atoms with van der Waals surface area (Å²) in [5, 5.41) is 9.15. The number of ether oxygens (including phenoxy) is 1. The Kier molecular flexibility index (Phi) is 6.24. The average Bonchev–Trinajstić information content (AvgIpc) is 2.35. The van der Waals surface area contributed by atoms with Crippen molar-refractivity contribution in [3.8, 4) is 0 Å². The maximum atomic E-state index is 11.9. The third-order valence-electron chi connectivity index (χ3n) is 3.30. The van der Waals surface area contributed by atoms with Gasteiger partial charge in [-0.2, -0.15) is 0 Å². The number of carbonyl (C=O) groups excluding carboxylic acids is 1. The van der Waals surface area contributed by atoms with Gasteiger partial charge < -0.3 is 14.7 Å². The predicted molar refractivity (Wildman–Crippen MR) is 70.9 cm³/mol. The highest BCUT2D eigenvalue weighted by Crippen LogP contribution is 2.11. The smallest absolute Gasteiger partial charge is 0.323 e. The second-order valence-corrected chi connectivity index (χ2v) is 5.32. The van der Waals surface area contributed by atoms with Crippen molar-refractivity contribution in [3.63, 3.8) is 0 Å². The van der Waals surface area contributed by atoms with Crippen LogP contribution in [0.2, 0.25) is 0 Å². The van der Waals surface area contributed by atoms with E-state index in [-0.39, 0.29) is 12.5 Å². The van der Waals surface area contributed by atoms with Crippen LogP contribution >= 0.6 is 0 Å². The number of hydrogen-bond acceptors (Lipinski definition) is 4. The van der Waals surface area contributed by atoms with E-state index >= 15 is 0 Å². The molecule has 1 aliphatic rings. The molecule has 19 heavy (non-hydrogen) atoms. The molecule has 0 bridgehead atoms. The monoisotopic (exact) mass is 272 g/mol. The van der Waals surface area contributed by atoms with Crippen LogP contribution in [0, 0.1) is 5.92 Å². The molecular weight excluding hydrogens is 248 g/mol. The van der Waals surface area contributed by atoms with Gasteiger partial charge in [0.2, 0.25) is 5.91 Å². The zero-order valence-corrected chi connectivity index (χ0v) is 12.0. The molecule has 1 saturated heterocycles. The third kappa shape index (κ3) is 4.80. The summed E-state index contributed by atoms with van der Waals surface area (Å²) in [4.78, 5) is 26.7. The van der Waals surface area contributed by atoms with Gasteiger partial charge in [-0.3, -0.25) is 14.5 Å². The number of amides is 1. The lowest BCUT2D eigenvalue weighted by Gasteiger charge is -2.37. The van der Waals surface area contributed by atoms with Crippen LogP contribution in [0.15, 0.2) is 0 Å². The van der Waals surface area contributed by atoms with Crippen molar-refractivity contribution in [2.45, 2.75) is 26.3 Å². The lowest BCUT2D eigenvalue weighted by atomic mass is 10.1. The van der Waals surface area contributed by atoms with Crippen LogP contribution in [0.5, 0.6) is 0 Å². The molecule has 1 fully saturated rings. The van der Waals surface area contributed by atoms with Crippen LogP contribution in [0.1, 0.15) is 20.3 Å². The number of aliphatic carboxylic acids is 1. The van der Waals surface area contributed by atoms with Gasteiger partial charge in [-0.25, -0.2) is 0 Å². The third-order valence-corrected chi connectivity index (χ3v) is 3.30. The molecule has 1 unspecified atom stereocenters. The van der Waals surface area contributed by atoms with Gasteiger partial charge in [0, 0.05) is 39.7 Å². The Hall–Kier alpha value is -1.14. The fraction of sp³-hybridized carbons (Fsp3) is 0.846. The lowest BCUT2D eigenvalue weighted by molar-refractivity contribution is -0.147. The number of carboxylic acids is 1. The fourth-order valence-electron chi connectivity index (χ4n) is 2.25. The molecule has 1 aliphatic heterocycles. The molecule has 110 valence electrons. The molecule has 1 atom stereocenters. The molecule has 0 aliphatic carbocycles. The van der Waals surface area contributed by atoms with Crippen LogP contribution in [0.25, 0.3) is 0 Å². The number of carbonyl (C=O) groups is 2. The van der Waals surface area contributed by atoms with Crippen molar-refractivity contribution in [3.05, 3.63) is 0 Å². The van der Waals surface area contributed by atoms with E-state index in [1.165, 1.54) is 7.11 Å². The Balaban J connectivity index is 2.47. The predicted octanol–water partition coefficient (Wildman–Crippen LogP) is 0.276. The maximum Gasteiger partial charge on any atom is 0.323 e. The van der Waals surface area contributed by atoms with Gasteiger partial charge in [-0.1, -0.05) is 13.8 Å². The molecule has 0 aromatic rings. The first-order chi connectivity index (χ1) is 8.95. The number of carboxylic acid groups (broad SMARTS) is 1. The van der Waals surface area contributed by atoms with Crippen LogP contribution in [-0.2, 0) is 14.3 Å². The lowest BCUT2D eigenvalue weighted by Crippen LogP contribution is -2.55. The Morgan fingerprint density at radius 3 is 2.21 bits per heavy atom. The van der Waals surface area contributed by atoms with Gasteiger partial charge in [-0.15, -0.1) is 0 Å². The summed E-state index contributed by atoms with van der Waals surface area (Å²) in [6.07, 6.45) is 0.556. The highest BCUT2D eigenvalue weighted by atomic mass is 16.5. The molecule has 0 radical (unpaired) electrons. The minimum Gasteiger partial charge on any atom is -0.480 e. The average molecular weight is 272 g/mol. The summed E-state index contributed by atoms with van der Waals surface area (Å²) >= 11 is 0. The zero-order chi connectivity index (χ0) is 14.4. The minimum absolute atomic E-state index is 0.160. The SMILES string of the molecule is COCC(C(=O)O)N1CCN(C(=O)CC(C)C)CC1. The summed E-state index contributed by atoms with van der Waals surface area (Å²) in [6, 6.07) is -0.618. The zero-order valence-electron chi connectivity index (χ0n) is 12.0. The topological polar surface area (TPSA) is 70.1 Å². The fourth-order valence-corrected chi connectivity index (χ4v) is 2.25. The van der Waals surface area contributed by atoms with Gasteiger partial charge in [0.25, 0.3) is 0 Å². The van der Waals surface area contributed by atoms with Gasteiger partial charge in [-0.05, 0) is 5.92 Å². The molecule has 6 heteroatoms. The molecule has 0 aromatic carbocycles. The van der Waals surface area contributed by atoms with E-state index in [4.69, 9.17) is 9.84 Å². The molecular formula is C13H24N2O4. The van der Waals surface area contributed by atoms with E-state index in [2.05, 4.69) is 0 Å². The van der Waals surface area contributed by atoms with Crippen molar-refractivity contribution in [2.75, 3.05) is 39.9 Å². The quantitative estimate of drug-likeness (QED) is 0.752. The highest BCUT2D eigenvalue weighted by Gasteiger charge is 2.30. The van der Waals surface area contributed by atoms with E-state index in [0.29, 0.717) is 38.5 Å². The molecule has 1 heterocycles. The number of rotatable bonds is 6. The Morgan fingerprint density at radius 1 is 1.21 bits per heavy atom. The molecule has 1 N–H and O–H groups in total. The molecule has 0 aromatic heterocycles. The molecule has 6 nitrogen and oxygen atoms in total. The Labute approximate surface area is 114 Å². The second kappa shape index (κ2) is 7.45. The summed E-state index contributed by atoms with van der Waals surface area (Å²) in [5.41, 5.74) is 0. The Morgan fingerprint density at radius 2 is 1.79 bits per heavy atom. The molecule has 0 saturated carbocycles. The van der Waals surface area contributed by atoms with E-state index in [1.54, 1.807) is 0 Å². The standard InChI is InChI=1S/C13H24N2O4/c1-10(2)8-12(16)15-6-4-14(5-7-15)11(9-19-3)13(17)18/h10-11H,4-9H2,1-3H3,(H,17,18). The first kappa shape index (κ1) is 15.9. The molecule has 1 rings (SSSR count). The largest absolute Gasteiger partial charge is 0.480 e. The van der Waals surface area contributed by atoms with Crippen molar-refractivity contribution < 1.29 is 19.4 Å². The van der Waals surface area contributed by atoms with Crippen molar-refractivity contribution in [2.24, 2.45) is 5.92 Å². The van der Waals surface area contributed by atoms with Crippen molar-refractivity contribution in [1.82, 2.24) is 9.80 Å². The van der Waals surface area contributed by atoms with E-state index in [0.717, 1.165) is 0 Å². The van der Waals surface area contributed by atoms with Crippen molar-refractivity contribution >= 4 is 11.9 Å². The highest BCUT2D eigenvalue weighted by molar-refractivity contribution is 5.76. The number of nitrogens with zero attached hydrogens (tertiary/aromatic N) is 2. The van der Waals surface area contributed by atoms with E-state index in [9.17, 15) is 9.59 Å². The summed E-state index contributed by atoms with van der Waals surface area (Å²) in [6.45, 7) is 6.59. The Bertz CT molecular complexity index is 312.